The second kappa shape index (κ2) is 4.62. The molecular weight excluding hydrogens is 309 g/mol. The van der Waals surface area contributed by atoms with Crippen molar-refractivity contribution in [1.82, 2.24) is 15.0 Å². The van der Waals surface area contributed by atoms with Crippen LogP contribution in [-0.2, 0) is 7.05 Å². The molecule has 4 nitrogen and oxygen atoms in total. The van der Waals surface area contributed by atoms with Crippen molar-refractivity contribution in [3.8, 4) is 11.4 Å². The molecule has 0 unspecified atom stereocenters. The van der Waals surface area contributed by atoms with Gasteiger partial charge in [-0.1, -0.05) is 0 Å². The van der Waals surface area contributed by atoms with Gasteiger partial charge in [0.15, 0.2) is 18.2 Å². The van der Waals surface area contributed by atoms with Crippen LogP contribution in [0.25, 0.3) is 11.4 Å². The van der Waals surface area contributed by atoms with Crippen LogP contribution in [0.1, 0.15) is 0 Å². The van der Waals surface area contributed by atoms with Crippen LogP contribution in [0.2, 0.25) is 0 Å². The Labute approximate surface area is 109 Å². The van der Waals surface area contributed by atoms with E-state index in [4.69, 9.17) is 0 Å². The predicted octanol–water partition coefficient (Wildman–Crippen LogP) is 3.75. The van der Waals surface area contributed by atoms with Crippen molar-refractivity contribution >= 4 is 7.81 Å². The van der Waals surface area contributed by atoms with Crippen molar-refractivity contribution in [2.75, 3.05) is 0 Å². The second-order valence-corrected chi connectivity index (χ2v) is 5.59. The third-order valence-electron chi connectivity index (χ3n) is 1.73. The van der Waals surface area contributed by atoms with Crippen LogP contribution in [-0.4, -0.2) is 15.0 Å². The number of aromatic nitrogens is 4. The molecule has 20 heavy (non-hydrogen) atoms. The van der Waals surface area contributed by atoms with Crippen LogP contribution >= 0.6 is 7.81 Å². The minimum absolute atomic E-state index is 0.704. The Morgan fingerprint density at radius 2 is 1.30 bits per heavy atom. The molecule has 0 aliphatic heterocycles. The van der Waals surface area contributed by atoms with E-state index in [-0.39, 0.29) is 0 Å². The van der Waals surface area contributed by atoms with Crippen LogP contribution < -0.4 is 4.57 Å². The zero-order chi connectivity index (χ0) is 15.5. The van der Waals surface area contributed by atoms with Crippen molar-refractivity contribution in [1.29, 1.82) is 0 Å². The quantitative estimate of drug-likeness (QED) is 0.457. The first-order valence-electron chi connectivity index (χ1n) is 4.95. The first kappa shape index (κ1) is 16.2. The molecule has 0 amide bonds. The van der Waals surface area contributed by atoms with Gasteiger partial charge in [-0.25, -0.2) is 19.5 Å². The van der Waals surface area contributed by atoms with Gasteiger partial charge < -0.3 is 0 Å². The molecule has 2 aromatic heterocycles. The summed E-state index contributed by atoms with van der Waals surface area (Å²) in [6.07, 6.45) is 6.91. The van der Waals surface area contributed by atoms with Crippen molar-refractivity contribution in [2.24, 2.45) is 7.05 Å². The van der Waals surface area contributed by atoms with E-state index in [0.717, 1.165) is 5.56 Å². The Kier molecular flexibility index (Phi) is 3.75. The Hall–Kier alpha value is -1.83. The van der Waals surface area contributed by atoms with Crippen molar-refractivity contribution < 1.29 is 29.7 Å². The van der Waals surface area contributed by atoms with Crippen LogP contribution in [0.15, 0.2) is 37.2 Å². The van der Waals surface area contributed by atoms with Gasteiger partial charge >= 0.3 is 33.0 Å². The fourth-order valence-electron chi connectivity index (χ4n) is 1.04. The molecule has 2 aromatic rings. The normalized spacial score (nSPS) is 14.6. The number of hydrogen-bond donors (Lipinski definition) is 0. The standard InChI is InChI=1S/C9H9N4.F6P/c1-13-4-2-8(3-5-13)9-11-6-10-7-12-9;1-7(2,3,4,5)6/h2-7H,1H3;/q+1;-1. The molecule has 0 aliphatic carbocycles. The Morgan fingerprint density at radius 1 is 0.900 bits per heavy atom. The zero-order valence-electron chi connectivity index (χ0n) is 9.97. The molecular formula is C9H9F6N4P. The van der Waals surface area contributed by atoms with Crippen molar-refractivity contribution in [3.05, 3.63) is 37.2 Å². The Bertz CT molecular complexity index is 557. The number of halogens is 6. The summed E-state index contributed by atoms with van der Waals surface area (Å²) < 4.78 is 61.2. The van der Waals surface area contributed by atoms with Crippen molar-refractivity contribution in [3.63, 3.8) is 0 Å². The van der Waals surface area contributed by atoms with Gasteiger partial charge in [0, 0.05) is 17.7 Å². The number of pyridine rings is 1. The van der Waals surface area contributed by atoms with Crippen LogP contribution in [0, 0.1) is 0 Å². The first-order valence-corrected chi connectivity index (χ1v) is 6.98. The fraction of sp³-hybridized carbons (Fsp3) is 0.111. The summed E-state index contributed by atoms with van der Waals surface area (Å²) in [5, 5.41) is 0. The molecule has 11 heteroatoms. The number of rotatable bonds is 1. The van der Waals surface area contributed by atoms with E-state index in [0.29, 0.717) is 5.82 Å². The molecule has 0 aliphatic rings. The fourth-order valence-corrected chi connectivity index (χ4v) is 1.04. The van der Waals surface area contributed by atoms with E-state index in [2.05, 4.69) is 15.0 Å². The van der Waals surface area contributed by atoms with Crippen LogP contribution in [0.4, 0.5) is 25.2 Å². The number of nitrogens with zero attached hydrogens (tertiary/aromatic N) is 4. The van der Waals surface area contributed by atoms with Gasteiger partial charge in [0.25, 0.3) is 0 Å². The SMILES string of the molecule is C[n+]1ccc(-c2ncncn2)cc1.F[P-](F)(F)(F)(F)F. The molecule has 0 atom stereocenters. The minimum atomic E-state index is -10.7. The molecule has 0 fully saturated rings. The third kappa shape index (κ3) is 9.15. The average Bonchev–Trinajstić information content (AvgIpc) is 2.27. The van der Waals surface area contributed by atoms with Gasteiger partial charge in [-0.05, 0) is 0 Å². The maximum absolute atomic E-state index is 10.7. The Morgan fingerprint density at radius 3 is 1.70 bits per heavy atom. The summed E-state index contributed by atoms with van der Waals surface area (Å²) >= 11 is 0. The van der Waals surface area contributed by atoms with Crippen LogP contribution in [0.5, 0.6) is 0 Å². The molecule has 112 valence electrons. The van der Waals surface area contributed by atoms with Gasteiger partial charge in [-0.2, -0.15) is 0 Å². The molecule has 0 saturated carbocycles. The Balaban J connectivity index is 0.000000246. The van der Waals surface area contributed by atoms with Gasteiger partial charge in [0.1, 0.15) is 19.7 Å². The van der Waals surface area contributed by atoms with E-state index in [1.165, 1.54) is 12.7 Å². The van der Waals surface area contributed by atoms with E-state index >= 15 is 0 Å². The zero-order valence-corrected chi connectivity index (χ0v) is 10.9. The van der Waals surface area contributed by atoms with Gasteiger partial charge in [0.2, 0.25) is 0 Å². The van der Waals surface area contributed by atoms with E-state index in [1.807, 2.05) is 36.1 Å². The van der Waals surface area contributed by atoms with E-state index < -0.39 is 7.81 Å². The van der Waals surface area contributed by atoms with E-state index in [1.54, 1.807) is 0 Å². The summed E-state index contributed by atoms with van der Waals surface area (Å²) in [4.78, 5) is 11.9. The summed E-state index contributed by atoms with van der Waals surface area (Å²) in [5.41, 5.74) is 1.00. The molecule has 2 rings (SSSR count). The van der Waals surface area contributed by atoms with Gasteiger partial charge in [0.05, 0.1) is 0 Å². The average molecular weight is 318 g/mol. The van der Waals surface area contributed by atoms with E-state index in [9.17, 15) is 25.2 Å². The molecule has 0 spiro atoms. The number of hydrogen-bond acceptors (Lipinski definition) is 3. The third-order valence-corrected chi connectivity index (χ3v) is 1.73. The van der Waals surface area contributed by atoms with Crippen molar-refractivity contribution in [2.45, 2.75) is 0 Å². The van der Waals surface area contributed by atoms with Gasteiger partial charge in [-0.15, -0.1) is 0 Å². The second-order valence-electron chi connectivity index (χ2n) is 3.67. The molecule has 0 saturated heterocycles. The summed E-state index contributed by atoms with van der Waals surface area (Å²) in [5.74, 6) is 0.704. The number of aryl methyl sites for hydroxylation is 1. The molecule has 0 radical (unpaired) electrons. The summed E-state index contributed by atoms with van der Waals surface area (Å²) in [6, 6.07) is 3.94. The first-order chi connectivity index (χ1) is 8.81. The molecule has 0 aromatic carbocycles. The monoisotopic (exact) mass is 318 g/mol. The molecule has 0 bridgehead atoms. The topological polar surface area (TPSA) is 42.5 Å². The molecule has 0 N–H and O–H groups in total. The van der Waals surface area contributed by atoms with Crippen LogP contribution in [0.3, 0.4) is 0 Å². The molecule has 2 heterocycles. The van der Waals surface area contributed by atoms with Gasteiger partial charge in [-0.3, -0.25) is 0 Å². The maximum atomic E-state index is 9.87. The summed E-state index contributed by atoms with van der Waals surface area (Å²) in [7, 11) is -8.69. The summed E-state index contributed by atoms with van der Waals surface area (Å²) in [6.45, 7) is 0. The predicted molar refractivity (Wildman–Crippen MR) is 60.0 cm³/mol.